The molecule has 3 aromatic rings. The molecular weight excluding hydrogens is 267 g/mol. The van der Waals surface area contributed by atoms with Gasteiger partial charge in [-0.3, -0.25) is 4.79 Å². The number of aryl methyl sites for hydroxylation is 2. The Labute approximate surface area is 121 Å². The fourth-order valence-corrected chi connectivity index (χ4v) is 2.30. The van der Waals surface area contributed by atoms with Gasteiger partial charge in [0.25, 0.3) is 5.91 Å². The molecule has 3 nitrogen and oxygen atoms in total. The lowest BCUT2D eigenvalue weighted by Crippen LogP contribution is -2.13. The molecule has 106 valence electrons. The maximum Gasteiger partial charge on any atom is 0.272 e. The molecule has 4 heteroatoms. The number of rotatable bonds is 2. The van der Waals surface area contributed by atoms with Crippen LogP contribution in [0.4, 0.5) is 10.1 Å². The molecule has 0 saturated carbocycles. The van der Waals surface area contributed by atoms with Crippen molar-refractivity contribution < 1.29 is 9.18 Å². The quantitative estimate of drug-likeness (QED) is 0.727. The zero-order chi connectivity index (χ0) is 15.0. The summed E-state index contributed by atoms with van der Waals surface area (Å²) >= 11 is 0. The number of aromatic nitrogens is 1. The number of hydrogen-bond donors (Lipinski definition) is 2. The molecule has 21 heavy (non-hydrogen) atoms. The molecule has 0 aliphatic rings. The summed E-state index contributed by atoms with van der Waals surface area (Å²) in [6.45, 7) is 3.90. The number of anilines is 1. The molecule has 0 aliphatic carbocycles. The van der Waals surface area contributed by atoms with Crippen LogP contribution in [0.5, 0.6) is 0 Å². The summed E-state index contributed by atoms with van der Waals surface area (Å²) in [4.78, 5) is 15.2. The van der Waals surface area contributed by atoms with Crippen molar-refractivity contribution in [2.75, 3.05) is 5.32 Å². The third-order valence-electron chi connectivity index (χ3n) is 3.50. The smallest absolute Gasteiger partial charge is 0.272 e. The van der Waals surface area contributed by atoms with Gasteiger partial charge in [0, 0.05) is 16.6 Å². The lowest BCUT2D eigenvalue weighted by atomic mass is 10.1. The average Bonchev–Trinajstić information content (AvgIpc) is 2.88. The Morgan fingerprint density at radius 3 is 2.71 bits per heavy atom. The maximum absolute atomic E-state index is 13.7. The van der Waals surface area contributed by atoms with Gasteiger partial charge in [-0.25, -0.2) is 4.39 Å². The van der Waals surface area contributed by atoms with E-state index in [0.29, 0.717) is 16.6 Å². The van der Waals surface area contributed by atoms with E-state index >= 15 is 0 Å². The standard InChI is InChI=1S/C17H15FN2O/c1-10-6-7-11(2)15(8-10)20-17(21)16-9-12-13(18)4-3-5-14(12)19-16/h3-9,19H,1-2H3,(H,20,21). The van der Waals surface area contributed by atoms with E-state index in [1.54, 1.807) is 12.1 Å². The summed E-state index contributed by atoms with van der Waals surface area (Å²) in [5, 5.41) is 3.28. The van der Waals surface area contributed by atoms with E-state index in [1.807, 2.05) is 32.0 Å². The first-order valence-corrected chi connectivity index (χ1v) is 6.70. The molecule has 0 saturated heterocycles. The van der Waals surface area contributed by atoms with E-state index in [4.69, 9.17) is 0 Å². The van der Waals surface area contributed by atoms with E-state index in [9.17, 15) is 9.18 Å². The van der Waals surface area contributed by atoms with Gasteiger partial charge in [0.15, 0.2) is 0 Å². The van der Waals surface area contributed by atoms with Crippen molar-refractivity contribution in [1.29, 1.82) is 0 Å². The van der Waals surface area contributed by atoms with Gasteiger partial charge >= 0.3 is 0 Å². The zero-order valence-electron chi connectivity index (χ0n) is 11.8. The predicted molar refractivity (Wildman–Crippen MR) is 82.1 cm³/mol. The molecule has 0 spiro atoms. The number of carbonyl (C=O) groups is 1. The third kappa shape index (κ3) is 2.52. The summed E-state index contributed by atoms with van der Waals surface area (Å²) in [6.07, 6.45) is 0. The van der Waals surface area contributed by atoms with Crippen molar-refractivity contribution in [3.05, 3.63) is 65.1 Å². The molecule has 3 rings (SSSR count). The van der Waals surface area contributed by atoms with Gasteiger partial charge in [0.05, 0.1) is 0 Å². The average molecular weight is 282 g/mol. The van der Waals surface area contributed by atoms with Crippen LogP contribution in [0.15, 0.2) is 42.5 Å². The summed E-state index contributed by atoms with van der Waals surface area (Å²) in [7, 11) is 0. The molecule has 2 N–H and O–H groups in total. The highest BCUT2D eigenvalue weighted by Gasteiger charge is 2.12. The summed E-state index contributed by atoms with van der Waals surface area (Å²) in [6, 6.07) is 12.1. The van der Waals surface area contributed by atoms with Gasteiger partial charge in [-0.2, -0.15) is 0 Å². The number of aromatic amines is 1. The van der Waals surface area contributed by atoms with Gasteiger partial charge < -0.3 is 10.3 Å². The van der Waals surface area contributed by atoms with Gasteiger partial charge in [0.1, 0.15) is 11.5 Å². The fraction of sp³-hybridized carbons (Fsp3) is 0.118. The number of hydrogen-bond acceptors (Lipinski definition) is 1. The first-order valence-electron chi connectivity index (χ1n) is 6.70. The number of nitrogens with one attached hydrogen (secondary N) is 2. The van der Waals surface area contributed by atoms with Crippen molar-refractivity contribution in [3.8, 4) is 0 Å². The summed E-state index contributed by atoms with van der Waals surface area (Å²) in [5.41, 5.74) is 3.77. The van der Waals surface area contributed by atoms with Gasteiger partial charge in [-0.1, -0.05) is 18.2 Å². The summed E-state index contributed by atoms with van der Waals surface area (Å²) in [5.74, 6) is -0.617. The molecule has 1 amide bonds. The van der Waals surface area contributed by atoms with E-state index in [0.717, 1.165) is 16.8 Å². The molecule has 2 aromatic carbocycles. The lowest BCUT2D eigenvalue weighted by Gasteiger charge is -2.08. The second-order valence-electron chi connectivity index (χ2n) is 5.16. The van der Waals surface area contributed by atoms with Crippen LogP contribution in [0.25, 0.3) is 10.9 Å². The normalized spacial score (nSPS) is 10.8. The van der Waals surface area contributed by atoms with Crippen LogP contribution < -0.4 is 5.32 Å². The van der Waals surface area contributed by atoms with Crippen LogP contribution in [-0.4, -0.2) is 10.9 Å². The molecule has 0 unspecified atom stereocenters. The Morgan fingerprint density at radius 1 is 1.14 bits per heavy atom. The highest BCUT2D eigenvalue weighted by Crippen LogP contribution is 2.21. The highest BCUT2D eigenvalue weighted by atomic mass is 19.1. The number of halogens is 1. The van der Waals surface area contributed by atoms with Crippen LogP contribution in [0.2, 0.25) is 0 Å². The van der Waals surface area contributed by atoms with Gasteiger partial charge in [-0.05, 0) is 49.2 Å². The highest BCUT2D eigenvalue weighted by molar-refractivity contribution is 6.06. The number of amides is 1. The molecular formula is C17H15FN2O. The van der Waals surface area contributed by atoms with Gasteiger partial charge in [0.2, 0.25) is 0 Å². The Bertz CT molecular complexity index is 836. The van der Waals surface area contributed by atoms with Crippen molar-refractivity contribution in [3.63, 3.8) is 0 Å². The predicted octanol–water partition coefficient (Wildman–Crippen LogP) is 4.18. The summed E-state index contributed by atoms with van der Waals surface area (Å²) < 4.78 is 13.7. The van der Waals surface area contributed by atoms with Crippen LogP contribution in [0.1, 0.15) is 21.6 Å². The topological polar surface area (TPSA) is 44.9 Å². The van der Waals surface area contributed by atoms with Crippen molar-refractivity contribution >= 4 is 22.5 Å². The SMILES string of the molecule is Cc1ccc(C)c(NC(=O)c2cc3c(F)cccc3[nH]2)c1. The fourth-order valence-electron chi connectivity index (χ4n) is 2.30. The molecule has 0 radical (unpaired) electrons. The number of benzene rings is 2. The van der Waals surface area contributed by atoms with Crippen molar-refractivity contribution in [1.82, 2.24) is 4.98 Å². The number of carbonyl (C=O) groups excluding carboxylic acids is 1. The van der Waals surface area contributed by atoms with E-state index < -0.39 is 0 Å². The second-order valence-corrected chi connectivity index (χ2v) is 5.16. The van der Waals surface area contributed by atoms with Crippen LogP contribution in [0, 0.1) is 19.7 Å². The van der Waals surface area contributed by atoms with Crippen LogP contribution >= 0.6 is 0 Å². The number of fused-ring (bicyclic) bond motifs is 1. The van der Waals surface area contributed by atoms with Crippen molar-refractivity contribution in [2.24, 2.45) is 0 Å². The molecule has 0 fully saturated rings. The van der Waals surface area contributed by atoms with Crippen LogP contribution in [-0.2, 0) is 0 Å². The minimum Gasteiger partial charge on any atom is -0.350 e. The Morgan fingerprint density at radius 2 is 1.95 bits per heavy atom. The monoisotopic (exact) mass is 282 g/mol. The van der Waals surface area contributed by atoms with E-state index in [2.05, 4.69) is 10.3 Å². The van der Waals surface area contributed by atoms with Crippen molar-refractivity contribution in [2.45, 2.75) is 13.8 Å². The minimum atomic E-state index is -0.338. The number of H-pyrrole nitrogens is 1. The molecule has 0 bridgehead atoms. The van der Waals surface area contributed by atoms with E-state index in [1.165, 1.54) is 12.1 Å². The van der Waals surface area contributed by atoms with Crippen LogP contribution in [0.3, 0.4) is 0 Å². The second kappa shape index (κ2) is 5.05. The van der Waals surface area contributed by atoms with E-state index in [-0.39, 0.29) is 11.7 Å². The van der Waals surface area contributed by atoms with Gasteiger partial charge in [-0.15, -0.1) is 0 Å². The largest absolute Gasteiger partial charge is 0.350 e. The molecule has 1 heterocycles. The Hall–Kier alpha value is -2.62. The molecule has 1 aromatic heterocycles. The first-order chi connectivity index (χ1) is 10.0. The lowest BCUT2D eigenvalue weighted by molar-refractivity contribution is 0.102. The first kappa shape index (κ1) is 13.4. The Balaban J connectivity index is 1.93. The molecule has 0 atom stereocenters. The Kier molecular flexibility index (Phi) is 3.22. The minimum absolute atomic E-state index is 0.278. The third-order valence-corrected chi connectivity index (χ3v) is 3.50. The zero-order valence-corrected chi connectivity index (χ0v) is 11.8. The molecule has 0 aliphatic heterocycles. The maximum atomic E-state index is 13.7.